The molecule has 0 unspecified atom stereocenters. The summed E-state index contributed by atoms with van der Waals surface area (Å²) in [5.41, 5.74) is 1.72. The topological polar surface area (TPSA) is 58.6 Å². The number of nitrogens with one attached hydrogen (secondary N) is 1. The Morgan fingerprint density at radius 2 is 2.00 bits per heavy atom. The second-order valence-electron chi connectivity index (χ2n) is 4.95. The number of carbonyl (C=O) groups is 1. The Morgan fingerprint density at radius 3 is 2.65 bits per heavy atom. The van der Waals surface area contributed by atoms with Gasteiger partial charge in [-0.05, 0) is 42.8 Å². The van der Waals surface area contributed by atoms with Crippen LogP contribution in [0.25, 0.3) is 0 Å². The minimum absolute atomic E-state index is 0.0759. The lowest BCUT2D eigenvalue weighted by atomic mass is 10.1. The summed E-state index contributed by atoms with van der Waals surface area (Å²) in [6.45, 7) is 3.16. The van der Waals surface area contributed by atoms with Crippen molar-refractivity contribution in [1.82, 2.24) is 0 Å². The van der Waals surface area contributed by atoms with Gasteiger partial charge in [0, 0.05) is 22.8 Å². The van der Waals surface area contributed by atoms with E-state index >= 15 is 0 Å². The second-order valence-corrected chi connectivity index (χ2v) is 5.80. The highest BCUT2D eigenvalue weighted by Crippen LogP contribution is 2.26. The van der Waals surface area contributed by atoms with Crippen LogP contribution in [0.2, 0.25) is 10.0 Å². The molecule has 2 N–H and O–H groups in total. The predicted molar refractivity (Wildman–Crippen MR) is 93.0 cm³/mol. The lowest BCUT2D eigenvalue weighted by Gasteiger charge is -2.13. The number of halogens is 2. The van der Waals surface area contributed by atoms with Gasteiger partial charge in [0.1, 0.15) is 5.75 Å². The Balaban J connectivity index is 2.12. The average Bonchev–Trinajstić information content (AvgIpc) is 2.51. The van der Waals surface area contributed by atoms with E-state index in [1.807, 2.05) is 19.1 Å². The van der Waals surface area contributed by atoms with Gasteiger partial charge in [0.15, 0.2) is 0 Å². The fraction of sp³-hybridized carbons (Fsp3) is 0.235. The highest BCUT2D eigenvalue weighted by Gasteiger charge is 2.10. The highest BCUT2D eigenvalue weighted by atomic mass is 35.5. The average molecular weight is 354 g/mol. The van der Waals surface area contributed by atoms with Crippen LogP contribution in [0.4, 0.5) is 5.69 Å². The molecule has 0 bridgehead atoms. The van der Waals surface area contributed by atoms with Crippen molar-refractivity contribution in [3.05, 3.63) is 57.6 Å². The SMILES string of the molecule is CCCOc1ccc(Cl)cc1CNc1ccc(C(=O)O)c(Cl)c1. The summed E-state index contributed by atoms with van der Waals surface area (Å²) in [6, 6.07) is 10.2. The molecule has 0 heterocycles. The number of ether oxygens (including phenoxy) is 1. The number of aromatic carboxylic acids is 1. The predicted octanol–water partition coefficient (Wildman–Crippen LogP) is 5.09. The zero-order valence-corrected chi connectivity index (χ0v) is 14.1. The summed E-state index contributed by atoms with van der Waals surface area (Å²) < 4.78 is 5.70. The lowest BCUT2D eigenvalue weighted by Crippen LogP contribution is -2.05. The molecule has 0 amide bonds. The van der Waals surface area contributed by atoms with Crippen LogP contribution in [0.3, 0.4) is 0 Å². The van der Waals surface area contributed by atoms with Gasteiger partial charge in [-0.25, -0.2) is 4.79 Å². The van der Waals surface area contributed by atoms with Crippen molar-refractivity contribution in [2.75, 3.05) is 11.9 Å². The molecule has 0 aliphatic carbocycles. The molecule has 0 saturated carbocycles. The van der Waals surface area contributed by atoms with E-state index in [-0.39, 0.29) is 10.6 Å². The summed E-state index contributed by atoms with van der Waals surface area (Å²) in [6.07, 6.45) is 0.918. The van der Waals surface area contributed by atoms with Gasteiger partial charge in [-0.3, -0.25) is 0 Å². The molecule has 2 aromatic rings. The Morgan fingerprint density at radius 1 is 1.22 bits per heavy atom. The van der Waals surface area contributed by atoms with Gasteiger partial charge in [-0.15, -0.1) is 0 Å². The van der Waals surface area contributed by atoms with E-state index in [1.54, 1.807) is 18.2 Å². The molecule has 0 aromatic heterocycles. The Kier molecular flexibility index (Phi) is 6.13. The molecule has 6 heteroatoms. The maximum absolute atomic E-state index is 11.0. The minimum atomic E-state index is -1.05. The van der Waals surface area contributed by atoms with Crippen LogP contribution in [0.15, 0.2) is 36.4 Å². The van der Waals surface area contributed by atoms with Crippen LogP contribution < -0.4 is 10.1 Å². The summed E-state index contributed by atoms with van der Waals surface area (Å²) in [5.74, 6) is -0.274. The number of anilines is 1. The number of hydrogen-bond acceptors (Lipinski definition) is 3. The van der Waals surface area contributed by atoms with Gasteiger partial charge in [-0.2, -0.15) is 0 Å². The first-order valence-corrected chi connectivity index (χ1v) is 7.94. The molecule has 0 aliphatic rings. The molecule has 0 radical (unpaired) electrons. The van der Waals surface area contributed by atoms with Crippen LogP contribution >= 0.6 is 23.2 Å². The third kappa shape index (κ3) is 4.78. The smallest absolute Gasteiger partial charge is 0.337 e. The Bertz CT molecular complexity index is 704. The molecule has 0 fully saturated rings. The van der Waals surface area contributed by atoms with Crippen molar-refractivity contribution < 1.29 is 14.6 Å². The van der Waals surface area contributed by atoms with E-state index in [9.17, 15) is 4.79 Å². The van der Waals surface area contributed by atoms with Gasteiger partial charge in [-0.1, -0.05) is 30.1 Å². The Hall–Kier alpha value is -1.91. The third-order valence-electron chi connectivity index (χ3n) is 3.17. The van der Waals surface area contributed by atoms with Crippen molar-refractivity contribution >= 4 is 34.9 Å². The quantitative estimate of drug-likeness (QED) is 0.727. The molecule has 23 heavy (non-hydrogen) atoms. The monoisotopic (exact) mass is 353 g/mol. The van der Waals surface area contributed by atoms with Gasteiger partial charge in [0.25, 0.3) is 0 Å². The number of hydrogen-bond donors (Lipinski definition) is 2. The molecular formula is C17H17Cl2NO3. The maximum Gasteiger partial charge on any atom is 0.337 e. The van der Waals surface area contributed by atoms with Gasteiger partial charge in [0.05, 0.1) is 17.2 Å². The van der Waals surface area contributed by atoms with Crippen molar-refractivity contribution in [3.8, 4) is 5.75 Å². The fourth-order valence-corrected chi connectivity index (χ4v) is 2.49. The number of carboxylic acid groups (broad SMARTS) is 1. The third-order valence-corrected chi connectivity index (χ3v) is 3.71. The number of rotatable bonds is 7. The van der Waals surface area contributed by atoms with E-state index in [0.29, 0.717) is 18.2 Å². The standard InChI is InChI=1S/C17H17Cl2NO3/c1-2-7-23-16-6-3-12(18)8-11(16)10-20-13-4-5-14(17(21)22)15(19)9-13/h3-6,8-9,20H,2,7,10H2,1H3,(H,21,22). The molecule has 2 rings (SSSR count). The van der Waals surface area contributed by atoms with Crippen LogP contribution in [-0.2, 0) is 6.54 Å². The minimum Gasteiger partial charge on any atom is -0.493 e. The van der Waals surface area contributed by atoms with Gasteiger partial charge < -0.3 is 15.2 Å². The van der Waals surface area contributed by atoms with Gasteiger partial charge >= 0.3 is 5.97 Å². The van der Waals surface area contributed by atoms with E-state index < -0.39 is 5.97 Å². The number of benzene rings is 2. The molecule has 0 spiro atoms. The van der Waals surface area contributed by atoms with E-state index in [1.165, 1.54) is 6.07 Å². The maximum atomic E-state index is 11.0. The molecule has 0 aliphatic heterocycles. The van der Waals surface area contributed by atoms with Crippen molar-refractivity contribution in [2.45, 2.75) is 19.9 Å². The molecule has 4 nitrogen and oxygen atoms in total. The summed E-state index contributed by atoms with van der Waals surface area (Å²) in [4.78, 5) is 11.0. The molecule has 2 aromatic carbocycles. The largest absolute Gasteiger partial charge is 0.493 e. The number of carboxylic acids is 1. The van der Waals surface area contributed by atoms with Crippen LogP contribution in [0.1, 0.15) is 29.3 Å². The molecule has 0 atom stereocenters. The molecular weight excluding hydrogens is 337 g/mol. The zero-order chi connectivity index (χ0) is 16.8. The van der Waals surface area contributed by atoms with Crippen molar-refractivity contribution in [3.63, 3.8) is 0 Å². The second kappa shape index (κ2) is 8.09. The molecule has 122 valence electrons. The summed E-state index contributed by atoms with van der Waals surface area (Å²) in [5, 5.41) is 13.0. The van der Waals surface area contributed by atoms with Gasteiger partial charge in [0.2, 0.25) is 0 Å². The van der Waals surface area contributed by atoms with E-state index in [0.717, 1.165) is 23.4 Å². The van der Waals surface area contributed by atoms with E-state index in [4.69, 9.17) is 33.0 Å². The molecule has 0 saturated heterocycles. The van der Waals surface area contributed by atoms with Crippen LogP contribution in [0.5, 0.6) is 5.75 Å². The first kappa shape index (κ1) is 17.4. The van der Waals surface area contributed by atoms with Crippen LogP contribution in [0, 0.1) is 0 Å². The lowest BCUT2D eigenvalue weighted by molar-refractivity contribution is 0.0697. The Labute approximate surface area is 145 Å². The fourth-order valence-electron chi connectivity index (χ4n) is 2.03. The first-order valence-electron chi connectivity index (χ1n) is 7.19. The summed E-state index contributed by atoms with van der Waals surface area (Å²) >= 11 is 12.0. The summed E-state index contributed by atoms with van der Waals surface area (Å²) in [7, 11) is 0. The first-order chi connectivity index (χ1) is 11.0. The highest BCUT2D eigenvalue weighted by molar-refractivity contribution is 6.33. The van der Waals surface area contributed by atoms with Crippen LogP contribution in [-0.4, -0.2) is 17.7 Å². The zero-order valence-electron chi connectivity index (χ0n) is 12.6. The van der Waals surface area contributed by atoms with Crippen molar-refractivity contribution in [2.24, 2.45) is 0 Å². The van der Waals surface area contributed by atoms with E-state index in [2.05, 4.69) is 5.32 Å². The normalized spacial score (nSPS) is 10.4. The van der Waals surface area contributed by atoms with Crippen molar-refractivity contribution in [1.29, 1.82) is 0 Å².